The Kier molecular flexibility index (Phi) is 6.07. The molecule has 0 saturated carbocycles. The summed E-state index contributed by atoms with van der Waals surface area (Å²) in [5.41, 5.74) is 1.44. The van der Waals surface area contributed by atoms with E-state index in [1.807, 2.05) is 25.3 Å². The maximum Gasteiger partial charge on any atom is 0.257 e. The Hall–Kier alpha value is -2.76. The molecule has 0 unspecified atom stereocenters. The number of carbonyl (C=O) groups excluding carboxylic acids is 1. The number of halogens is 2. The molecule has 0 saturated heterocycles. The van der Waals surface area contributed by atoms with Crippen molar-refractivity contribution in [1.82, 2.24) is 14.5 Å². The Balaban J connectivity index is 2.00. The van der Waals surface area contributed by atoms with Gasteiger partial charge in [-0.2, -0.15) is 0 Å². The third-order valence-corrected chi connectivity index (χ3v) is 4.55. The molecule has 0 bridgehead atoms. The average Bonchev–Trinajstić information content (AvgIpc) is 2.98. The van der Waals surface area contributed by atoms with Crippen molar-refractivity contribution < 1.29 is 13.6 Å². The molecule has 148 valence electrons. The highest BCUT2D eigenvalue weighted by atomic mass is 19.1. The molecule has 6 heteroatoms. The van der Waals surface area contributed by atoms with Gasteiger partial charge >= 0.3 is 0 Å². The molecular weight excluding hydrogens is 360 g/mol. The number of aryl methyl sites for hydroxylation is 1. The number of imidazole rings is 1. The van der Waals surface area contributed by atoms with Crippen molar-refractivity contribution in [3.63, 3.8) is 0 Å². The van der Waals surface area contributed by atoms with Crippen LogP contribution < -0.4 is 0 Å². The zero-order valence-electron chi connectivity index (χ0n) is 16.5. The SMILES string of the molecule is CCCn1c(CN(CC(C)C)C(=O)c2ccccc2F)nc2ccc(F)cc21. The second-order valence-electron chi connectivity index (χ2n) is 7.37. The number of hydrogen-bond donors (Lipinski definition) is 0. The monoisotopic (exact) mass is 385 g/mol. The predicted octanol–water partition coefficient (Wildman–Crippen LogP) is 5.02. The molecule has 2 aromatic carbocycles. The largest absolute Gasteiger partial charge is 0.331 e. The number of hydrogen-bond acceptors (Lipinski definition) is 2. The molecule has 0 radical (unpaired) electrons. The molecule has 1 heterocycles. The Bertz CT molecular complexity index is 981. The first kappa shape index (κ1) is 20.0. The third kappa shape index (κ3) is 4.21. The number of amides is 1. The molecular formula is C22H25F2N3O. The minimum Gasteiger partial charge on any atom is -0.331 e. The topological polar surface area (TPSA) is 38.1 Å². The first-order valence-electron chi connectivity index (χ1n) is 9.59. The van der Waals surface area contributed by atoms with E-state index in [4.69, 9.17) is 0 Å². The predicted molar refractivity (Wildman–Crippen MR) is 106 cm³/mol. The van der Waals surface area contributed by atoms with Crippen molar-refractivity contribution in [2.24, 2.45) is 5.92 Å². The molecule has 0 spiro atoms. The summed E-state index contributed by atoms with van der Waals surface area (Å²) < 4.78 is 29.9. The summed E-state index contributed by atoms with van der Waals surface area (Å²) in [7, 11) is 0. The summed E-state index contributed by atoms with van der Waals surface area (Å²) in [5, 5.41) is 0. The van der Waals surface area contributed by atoms with Crippen LogP contribution in [-0.2, 0) is 13.1 Å². The Morgan fingerprint density at radius 1 is 1.18 bits per heavy atom. The van der Waals surface area contributed by atoms with Gasteiger partial charge < -0.3 is 9.47 Å². The lowest BCUT2D eigenvalue weighted by molar-refractivity contribution is 0.0711. The van der Waals surface area contributed by atoms with Gasteiger partial charge in [0.15, 0.2) is 0 Å². The zero-order valence-corrected chi connectivity index (χ0v) is 16.5. The lowest BCUT2D eigenvalue weighted by atomic mass is 10.1. The van der Waals surface area contributed by atoms with E-state index in [1.165, 1.54) is 24.3 Å². The normalized spacial score (nSPS) is 11.4. The molecule has 3 aromatic rings. The van der Waals surface area contributed by atoms with Gasteiger partial charge in [-0.15, -0.1) is 0 Å². The van der Waals surface area contributed by atoms with E-state index in [9.17, 15) is 13.6 Å². The minimum atomic E-state index is -0.537. The van der Waals surface area contributed by atoms with E-state index in [0.717, 1.165) is 6.42 Å². The Morgan fingerprint density at radius 3 is 2.61 bits per heavy atom. The molecule has 0 fully saturated rings. The maximum atomic E-state index is 14.2. The third-order valence-electron chi connectivity index (χ3n) is 4.55. The van der Waals surface area contributed by atoms with Gasteiger partial charge in [-0.05, 0) is 42.7 Å². The molecule has 0 N–H and O–H groups in total. The molecule has 0 aliphatic rings. The van der Waals surface area contributed by atoms with E-state index in [-0.39, 0.29) is 29.8 Å². The number of nitrogens with zero attached hydrogens (tertiary/aromatic N) is 3. The number of aromatic nitrogens is 2. The average molecular weight is 385 g/mol. The highest BCUT2D eigenvalue weighted by Gasteiger charge is 2.23. The van der Waals surface area contributed by atoms with E-state index >= 15 is 0 Å². The molecule has 1 amide bonds. The summed E-state index contributed by atoms with van der Waals surface area (Å²) in [6.07, 6.45) is 0.848. The summed E-state index contributed by atoms with van der Waals surface area (Å²) in [6.45, 7) is 7.42. The minimum absolute atomic E-state index is 0.0485. The fraction of sp³-hybridized carbons (Fsp3) is 0.364. The van der Waals surface area contributed by atoms with Crippen molar-refractivity contribution in [2.45, 2.75) is 40.3 Å². The fourth-order valence-corrected chi connectivity index (χ4v) is 3.38. The standard InChI is InChI=1S/C22H25F2N3O/c1-4-11-27-20-12-16(23)9-10-19(20)25-21(27)14-26(13-15(2)3)22(28)17-7-5-6-8-18(17)24/h5-10,12,15H,4,11,13-14H2,1-3H3. The van der Waals surface area contributed by atoms with E-state index < -0.39 is 5.82 Å². The Morgan fingerprint density at radius 2 is 1.93 bits per heavy atom. The second kappa shape index (κ2) is 8.50. The van der Waals surface area contributed by atoms with E-state index in [0.29, 0.717) is 29.9 Å². The fourth-order valence-electron chi connectivity index (χ4n) is 3.38. The van der Waals surface area contributed by atoms with Crippen molar-refractivity contribution in [2.75, 3.05) is 6.54 Å². The van der Waals surface area contributed by atoms with Crippen molar-refractivity contribution in [1.29, 1.82) is 0 Å². The summed E-state index contributed by atoms with van der Waals surface area (Å²) >= 11 is 0. The molecule has 28 heavy (non-hydrogen) atoms. The number of carbonyl (C=O) groups is 1. The van der Waals surface area contributed by atoms with Gasteiger partial charge in [-0.25, -0.2) is 13.8 Å². The van der Waals surface area contributed by atoms with Gasteiger partial charge in [-0.3, -0.25) is 4.79 Å². The van der Waals surface area contributed by atoms with Gasteiger partial charge in [0.2, 0.25) is 0 Å². The quantitative estimate of drug-likeness (QED) is 0.573. The van der Waals surface area contributed by atoms with Crippen LogP contribution in [0.1, 0.15) is 43.4 Å². The number of fused-ring (bicyclic) bond motifs is 1. The molecule has 1 aromatic heterocycles. The number of rotatable bonds is 7. The smallest absolute Gasteiger partial charge is 0.257 e. The van der Waals surface area contributed by atoms with Gasteiger partial charge in [0.25, 0.3) is 5.91 Å². The van der Waals surface area contributed by atoms with Crippen LogP contribution in [0.3, 0.4) is 0 Å². The molecule has 0 aliphatic heterocycles. The lowest BCUT2D eigenvalue weighted by Gasteiger charge is -2.25. The van der Waals surface area contributed by atoms with Gasteiger partial charge in [0.05, 0.1) is 23.1 Å². The van der Waals surface area contributed by atoms with Crippen LogP contribution in [0.15, 0.2) is 42.5 Å². The van der Waals surface area contributed by atoms with Crippen molar-refractivity contribution in [3.05, 3.63) is 65.5 Å². The Labute approximate surface area is 163 Å². The van der Waals surface area contributed by atoms with Crippen LogP contribution in [0.25, 0.3) is 11.0 Å². The van der Waals surface area contributed by atoms with E-state index in [2.05, 4.69) is 4.98 Å². The van der Waals surface area contributed by atoms with E-state index in [1.54, 1.807) is 23.1 Å². The van der Waals surface area contributed by atoms with Crippen molar-refractivity contribution >= 4 is 16.9 Å². The molecule has 0 atom stereocenters. The lowest BCUT2D eigenvalue weighted by Crippen LogP contribution is -2.35. The molecule has 0 aliphatic carbocycles. The van der Waals surface area contributed by atoms with Gasteiger partial charge in [0, 0.05) is 13.1 Å². The maximum absolute atomic E-state index is 14.2. The van der Waals surface area contributed by atoms with Crippen LogP contribution in [0.2, 0.25) is 0 Å². The molecule has 4 nitrogen and oxygen atoms in total. The zero-order chi connectivity index (χ0) is 20.3. The highest BCUT2D eigenvalue weighted by molar-refractivity contribution is 5.94. The first-order valence-corrected chi connectivity index (χ1v) is 9.59. The summed E-state index contributed by atoms with van der Waals surface area (Å²) in [4.78, 5) is 19.3. The first-order chi connectivity index (χ1) is 13.4. The van der Waals surface area contributed by atoms with Crippen LogP contribution in [0, 0.1) is 17.6 Å². The molecule has 3 rings (SSSR count). The van der Waals surface area contributed by atoms with Crippen LogP contribution in [0.5, 0.6) is 0 Å². The summed E-state index contributed by atoms with van der Waals surface area (Å²) in [5.74, 6) is -0.346. The van der Waals surface area contributed by atoms with Crippen LogP contribution in [0.4, 0.5) is 8.78 Å². The van der Waals surface area contributed by atoms with Crippen LogP contribution >= 0.6 is 0 Å². The highest BCUT2D eigenvalue weighted by Crippen LogP contribution is 2.21. The second-order valence-corrected chi connectivity index (χ2v) is 7.37. The van der Waals surface area contributed by atoms with Crippen molar-refractivity contribution in [3.8, 4) is 0 Å². The van der Waals surface area contributed by atoms with Gasteiger partial charge in [-0.1, -0.05) is 32.9 Å². The van der Waals surface area contributed by atoms with Gasteiger partial charge in [0.1, 0.15) is 17.5 Å². The number of benzene rings is 2. The van der Waals surface area contributed by atoms with Crippen LogP contribution in [-0.4, -0.2) is 26.9 Å². The summed E-state index contributed by atoms with van der Waals surface area (Å²) in [6, 6.07) is 10.5.